The number of hydrogen-bond donors (Lipinski definition) is 1. The number of sulfone groups is 1. The van der Waals surface area contributed by atoms with Crippen molar-refractivity contribution in [3.63, 3.8) is 0 Å². The van der Waals surface area contributed by atoms with Gasteiger partial charge in [0.05, 0.1) is 38.5 Å². The molecule has 0 bridgehead atoms. The van der Waals surface area contributed by atoms with Crippen molar-refractivity contribution < 1.29 is 37.3 Å². The highest BCUT2D eigenvalue weighted by Gasteiger charge is 2.28. The lowest BCUT2D eigenvalue weighted by Crippen LogP contribution is -2.45. The molecule has 0 spiro atoms. The van der Waals surface area contributed by atoms with Gasteiger partial charge in [0, 0.05) is 74.5 Å². The van der Waals surface area contributed by atoms with Gasteiger partial charge in [-0.25, -0.2) is 23.2 Å². The van der Waals surface area contributed by atoms with E-state index in [4.69, 9.17) is 35.5 Å². The third-order valence-electron chi connectivity index (χ3n) is 11.2. The number of benzene rings is 4. The van der Waals surface area contributed by atoms with Crippen LogP contribution < -0.4 is 18.9 Å². The SMILES string of the molecule is COc1cccc(-c2ncc3snc(OC(Cc4ccccc4OCc4ccnc(-c5ccccc5S(C)(=O)=O)n4)C(=O)O)c3c2-c2ccc(OCCN3CCN(C)CC3)c(Cl)c2C)c1. The first-order valence-electron chi connectivity index (χ1n) is 20.9. The van der Waals surface area contributed by atoms with E-state index >= 15 is 0 Å². The summed E-state index contributed by atoms with van der Waals surface area (Å²) in [5.41, 5.74) is 4.96. The van der Waals surface area contributed by atoms with Gasteiger partial charge >= 0.3 is 5.97 Å². The minimum absolute atomic E-state index is 0.00565. The van der Waals surface area contributed by atoms with Crippen LogP contribution in [0, 0.1) is 6.92 Å². The fourth-order valence-corrected chi connectivity index (χ4v) is 9.50. The number of carboxylic acid groups (broad SMARTS) is 1. The van der Waals surface area contributed by atoms with Crippen LogP contribution >= 0.6 is 23.1 Å². The van der Waals surface area contributed by atoms with E-state index in [0.29, 0.717) is 67.0 Å². The van der Waals surface area contributed by atoms with Crippen molar-refractivity contribution in [1.29, 1.82) is 0 Å². The van der Waals surface area contributed by atoms with Crippen LogP contribution in [0.1, 0.15) is 16.8 Å². The molecule has 14 nitrogen and oxygen atoms in total. The number of likely N-dealkylation sites (N-methyl/N-ethyl adjacent to an activating group) is 1. The normalized spacial score (nSPS) is 14.0. The molecular formula is C48H47ClN6O8S2. The Morgan fingerprint density at radius 3 is 2.49 bits per heavy atom. The molecule has 0 aliphatic carbocycles. The topological polar surface area (TPSA) is 166 Å². The number of hydrogen-bond acceptors (Lipinski definition) is 14. The van der Waals surface area contributed by atoms with Crippen molar-refractivity contribution in [1.82, 2.24) is 29.1 Å². The number of piperazine rings is 1. The molecule has 336 valence electrons. The van der Waals surface area contributed by atoms with Gasteiger partial charge < -0.3 is 29.0 Å². The Balaban J connectivity index is 1.09. The number of fused-ring (bicyclic) bond motifs is 1. The van der Waals surface area contributed by atoms with E-state index in [1.54, 1.807) is 61.8 Å². The van der Waals surface area contributed by atoms with Crippen molar-refractivity contribution >= 4 is 49.0 Å². The van der Waals surface area contributed by atoms with Crippen LogP contribution in [0.2, 0.25) is 5.02 Å². The fourth-order valence-electron chi connectivity index (χ4n) is 7.70. The monoisotopic (exact) mass is 934 g/mol. The maximum atomic E-state index is 13.1. The van der Waals surface area contributed by atoms with Gasteiger partial charge in [0.15, 0.2) is 15.7 Å². The third-order valence-corrected chi connectivity index (χ3v) is 13.6. The van der Waals surface area contributed by atoms with Crippen molar-refractivity contribution in [3.8, 4) is 56.9 Å². The Hall–Kier alpha value is -6.17. The maximum Gasteiger partial charge on any atom is 0.345 e. The van der Waals surface area contributed by atoms with Gasteiger partial charge in [0.2, 0.25) is 12.0 Å². The molecule has 0 saturated carbocycles. The van der Waals surface area contributed by atoms with Crippen molar-refractivity contribution in [2.24, 2.45) is 0 Å². The van der Waals surface area contributed by atoms with Crippen molar-refractivity contribution in [2.75, 3.05) is 59.7 Å². The van der Waals surface area contributed by atoms with Gasteiger partial charge in [0.25, 0.3) is 0 Å². The molecule has 1 aliphatic heterocycles. The van der Waals surface area contributed by atoms with E-state index < -0.39 is 21.9 Å². The number of aliphatic carboxylic acids is 1. The fraction of sp³-hybridized carbons (Fsp3) is 0.271. The van der Waals surface area contributed by atoms with Gasteiger partial charge in [0.1, 0.15) is 30.5 Å². The largest absolute Gasteiger partial charge is 0.497 e. The van der Waals surface area contributed by atoms with E-state index in [9.17, 15) is 18.3 Å². The number of rotatable bonds is 17. The lowest BCUT2D eigenvalue weighted by atomic mass is 9.93. The van der Waals surface area contributed by atoms with Crippen LogP contribution in [-0.4, -0.2) is 114 Å². The molecule has 4 aromatic carbocycles. The third kappa shape index (κ3) is 10.4. The zero-order valence-electron chi connectivity index (χ0n) is 36.2. The lowest BCUT2D eigenvalue weighted by molar-refractivity contribution is -0.145. The van der Waals surface area contributed by atoms with Crippen LogP contribution in [0.5, 0.6) is 23.1 Å². The first kappa shape index (κ1) is 45.4. The molecule has 1 fully saturated rings. The molecule has 4 heterocycles. The van der Waals surface area contributed by atoms with Crippen molar-refractivity contribution in [2.45, 2.75) is 31.0 Å². The molecule has 3 aromatic heterocycles. The molecule has 1 unspecified atom stereocenters. The van der Waals surface area contributed by atoms with Crippen molar-refractivity contribution in [3.05, 3.63) is 125 Å². The quantitative estimate of drug-likeness (QED) is 0.0930. The predicted octanol–water partition coefficient (Wildman–Crippen LogP) is 8.14. The molecule has 8 rings (SSSR count). The number of carbonyl (C=O) groups is 1. The van der Waals surface area contributed by atoms with Crippen LogP contribution in [0.3, 0.4) is 0 Å². The molecule has 17 heteroatoms. The first-order chi connectivity index (χ1) is 31.4. The van der Waals surface area contributed by atoms with Gasteiger partial charge in [-0.2, -0.15) is 4.37 Å². The molecule has 1 N–H and O–H groups in total. The highest BCUT2D eigenvalue weighted by atomic mass is 35.5. The average Bonchev–Trinajstić information content (AvgIpc) is 3.72. The van der Waals surface area contributed by atoms with E-state index in [2.05, 4.69) is 31.2 Å². The number of aromatic nitrogens is 4. The van der Waals surface area contributed by atoms with Gasteiger partial charge in [-0.05, 0) is 84.7 Å². The number of para-hydroxylation sites is 1. The Labute approximate surface area is 386 Å². The Kier molecular flexibility index (Phi) is 13.9. The molecule has 1 saturated heterocycles. The predicted molar refractivity (Wildman–Crippen MR) is 251 cm³/mol. The van der Waals surface area contributed by atoms with E-state index in [0.717, 1.165) is 67.2 Å². The second-order valence-electron chi connectivity index (χ2n) is 15.7. The Morgan fingerprint density at radius 1 is 0.923 bits per heavy atom. The Bertz CT molecular complexity index is 2960. The molecule has 0 amide bonds. The molecule has 7 aromatic rings. The van der Waals surface area contributed by atoms with Gasteiger partial charge in [-0.3, -0.25) is 9.88 Å². The standard InChI is InChI=1S/C48H47ClN6O8S2/c1-30-35(16-17-38(44(30)49)61-25-24-55-22-20-54(2)21-23-55)42-43-40(28-51-45(42)32-11-9-12-34(26-32)60-3)64-53-47(43)63-39(48(56)57)27-31-10-5-7-14-37(31)62-29-33-18-19-50-46(52-33)36-13-6-8-15-41(36)65(4,58)59/h5-19,26,28,39H,20-25,27,29H2,1-4H3,(H,56,57). The summed E-state index contributed by atoms with van der Waals surface area (Å²) in [7, 11) is 0.183. The van der Waals surface area contributed by atoms with Crippen LogP contribution in [0.25, 0.3) is 43.9 Å². The summed E-state index contributed by atoms with van der Waals surface area (Å²) in [5.74, 6) is 0.782. The molecule has 65 heavy (non-hydrogen) atoms. The number of carboxylic acids is 1. The number of methoxy groups -OCH3 is 1. The highest BCUT2D eigenvalue weighted by molar-refractivity contribution is 7.90. The van der Waals surface area contributed by atoms with E-state index in [1.807, 2.05) is 43.3 Å². The number of halogens is 1. The summed E-state index contributed by atoms with van der Waals surface area (Å²) in [5, 5.41) is 11.7. The number of nitrogens with zero attached hydrogens (tertiary/aromatic N) is 6. The van der Waals surface area contributed by atoms with Crippen LogP contribution in [0.15, 0.2) is 108 Å². The summed E-state index contributed by atoms with van der Waals surface area (Å²) in [6, 6.07) is 26.7. The maximum absolute atomic E-state index is 13.1. The summed E-state index contributed by atoms with van der Waals surface area (Å²) < 4.78 is 54.8. The molecule has 1 aliphatic rings. The smallest absolute Gasteiger partial charge is 0.345 e. The molecular weight excluding hydrogens is 888 g/mol. The van der Waals surface area contributed by atoms with E-state index in [1.165, 1.54) is 12.3 Å². The Morgan fingerprint density at radius 2 is 1.71 bits per heavy atom. The second-order valence-corrected chi connectivity index (χ2v) is 18.8. The molecule has 1 atom stereocenters. The first-order valence-corrected chi connectivity index (χ1v) is 23.9. The average molecular weight is 936 g/mol. The summed E-state index contributed by atoms with van der Waals surface area (Å²) >= 11 is 8.26. The summed E-state index contributed by atoms with van der Waals surface area (Å²) in [4.78, 5) is 31.7. The number of ether oxygens (including phenoxy) is 4. The minimum atomic E-state index is -3.55. The highest BCUT2D eigenvalue weighted by Crippen LogP contribution is 2.46. The van der Waals surface area contributed by atoms with Crippen LogP contribution in [0.4, 0.5) is 0 Å². The summed E-state index contributed by atoms with van der Waals surface area (Å²) in [6.45, 7) is 7.18. The minimum Gasteiger partial charge on any atom is -0.497 e. The lowest BCUT2D eigenvalue weighted by Gasteiger charge is -2.32. The summed E-state index contributed by atoms with van der Waals surface area (Å²) in [6.07, 6.45) is 2.93. The van der Waals surface area contributed by atoms with Gasteiger partial charge in [-0.15, -0.1) is 0 Å². The second kappa shape index (κ2) is 19.9. The number of pyridine rings is 1. The molecule has 0 radical (unpaired) electrons. The van der Waals surface area contributed by atoms with Crippen LogP contribution in [-0.2, 0) is 27.7 Å². The van der Waals surface area contributed by atoms with Gasteiger partial charge in [-0.1, -0.05) is 60.1 Å². The zero-order valence-corrected chi connectivity index (χ0v) is 38.6. The van der Waals surface area contributed by atoms with E-state index in [-0.39, 0.29) is 29.6 Å². The zero-order chi connectivity index (χ0) is 45.7.